The zero-order chi connectivity index (χ0) is 16.4. The summed E-state index contributed by atoms with van der Waals surface area (Å²) in [6, 6.07) is 7.96. The molecule has 6 heteroatoms. The lowest BCUT2D eigenvalue weighted by Gasteiger charge is -2.25. The fraction of sp³-hybridized carbons (Fsp3) is 0.278. The predicted molar refractivity (Wildman–Crippen MR) is 90.4 cm³/mol. The highest BCUT2D eigenvalue weighted by Gasteiger charge is 2.20. The highest BCUT2D eigenvalue weighted by molar-refractivity contribution is 5.55. The molecule has 0 saturated carbocycles. The summed E-state index contributed by atoms with van der Waals surface area (Å²) >= 11 is 0. The molecule has 0 fully saturated rings. The molecule has 1 N–H and O–H groups in total. The number of fused-ring (bicyclic) bond motifs is 1. The third-order valence-corrected chi connectivity index (χ3v) is 4.29. The van der Waals surface area contributed by atoms with Gasteiger partial charge in [0.25, 0.3) is 0 Å². The van der Waals surface area contributed by atoms with Crippen molar-refractivity contribution in [2.45, 2.75) is 19.5 Å². The molecule has 0 amide bonds. The SMILES string of the molecule is COc1ccc(-c2nc3c([nH]2)CN(Cc2ccncc2)CC3)cn1. The van der Waals surface area contributed by atoms with E-state index in [2.05, 4.69) is 32.0 Å². The van der Waals surface area contributed by atoms with Crippen LogP contribution in [0.15, 0.2) is 42.9 Å². The van der Waals surface area contributed by atoms with Gasteiger partial charge in [-0.05, 0) is 23.8 Å². The Balaban J connectivity index is 1.51. The van der Waals surface area contributed by atoms with Crippen LogP contribution < -0.4 is 4.74 Å². The van der Waals surface area contributed by atoms with E-state index in [1.165, 1.54) is 11.3 Å². The lowest BCUT2D eigenvalue weighted by molar-refractivity contribution is 0.241. The molecule has 0 aromatic carbocycles. The molecule has 3 aromatic rings. The number of nitrogens with zero attached hydrogens (tertiary/aromatic N) is 4. The molecule has 0 saturated heterocycles. The van der Waals surface area contributed by atoms with Crippen molar-refractivity contribution in [2.75, 3.05) is 13.7 Å². The van der Waals surface area contributed by atoms with Crippen molar-refractivity contribution in [1.29, 1.82) is 0 Å². The van der Waals surface area contributed by atoms with Crippen LogP contribution in [0.25, 0.3) is 11.4 Å². The molecule has 3 aromatic heterocycles. The number of nitrogens with one attached hydrogen (secondary N) is 1. The molecule has 1 aliphatic rings. The van der Waals surface area contributed by atoms with Gasteiger partial charge < -0.3 is 9.72 Å². The van der Waals surface area contributed by atoms with Crippen molar-refractivity contribution in [1.82, 2.24) is 24.8 Å². The molecule has 4 heterocycles. The number of imidazole rings is 1. The van der Waals surface area contributed by atoms with E-state index in [9.17, 15) is 0 Å². The zero-order valence-corrected chi connectivity index (χ0v) is 13.6. The third kappa shape index (κ3) is 3.00. The predicted octanol–water partition coefficient (Wildman–Crippen LogP) is 2.43. The maximum absolute atomic E-state index is 5.10. The average Bonchev–Trinajstić information content (AvgIpc) is 3.06. The van der Waals surface area contributed by atoms with Crippen LogP contribution in [0.2, 0.25) is 0 Å². The molecule has 4 rings (SSSR count). The fourth-order valence-corrected chi connectivity index (χ4v) is 3.01. The van der Waals surface area contributed by atoms with Crippen molar-refractivity contribution in [3.63, 3.8) is 0 Å². The topological polar surface area (TPSA) is 66.9 Å². The first-order valence-corrected chi connectivity index (χ1v) is 8.01. The summed E-state index contributed by atoms with van der Waals surface area (Å²) in [5, 5.41) is 0. The van der Waals surface area contributed by atoms with Crippen molar-refractivity contribution in [2.24, 2.45) is 0 Å². The summed E-state index contributed by atoms with van der Waals surface area (Å²) in [6.07, 6.45) is 6.43. The van der Waals surface area contributed by atoms with E-state index in [-0.39, 0.29) is 0 Å². The second-order valence-corrected chi connectivity index (χ2v) is 5.92. The van der Waals surface area contributed by atoms with Crippen LogP contribution in [0, 0.1) is 0 Å². The number of rotatable bonds is 4. The van der Waals surface area contributed by atoms with Crippen molar-refractivity contribution < 1.29 is 4.74 Å². The van der Waals surface area contributed by atoms with Crippen LogP contribution in [-0.2, 0) is 19.5 Å². The summed E-state index contributed by atoms with van der Waals surface area (Å²) in [4.78, 5) is 19.0. The first-order chi connectivity index (χ1) is 11.8. The maximum atomic E-state index is 5.10. The number of methoxy groups -OCH3 is 1. The monoisotopic (exact) mass is 321 g/mol. The van der Waals surface area contributed by atoms with Gasteiger partial charge in [-0.1, -0.05) is 0 Å². The van der Waals surface area contributed by atoms with Crippen LogP contribution in [0.1, 0.15) is 17.0 Å². The summed E-state index contributed by atoms with van der Waals surface area (Å²) in [5.41, 5.74) is 4.62. The summed E-state index contributed by atoms with van der Waals surface area (Å²) in [6.45, 7) is 2.83. The van der Waals surface area contributed by atoms with Crippen molar-refractivity contribution in [3.05, 3.63) is 59.8 Å². The van der Waals surface area contributed by atoms with E-state index < -0.39 is 0 Å². The van der Waals surface area contributed by atoms with Crippen LogP contribution in [-0.4, -0.2) is 38.5 Å². The van der Waals surface area contributed by atoms with Gasteiger partial charge in [0.1, 0.15) is 5.82 Å². The quantitative estimate of drug-likeness (QED) is 0.799. The standard InChI is InChI=1S/C18H19N5O/c1-24-17-3-2-14(10-20-17)18-21-15-6-9-23(12-16(15)22-18)11-13-4-7-19-8-5-13/h2-5,7-8,10H,6,9,11-12H2,1H3,(H,21,22). The van der Waals surface area contributed by atoms with Gasteiger partial charge in [0.2, 0.25) is 5.88 Å². The number of hydrogen-bond acceptors (Lipinski definition) is 5. The molecular formula is C18H19N5O. The Morgan fingerprint density at radius 2 is 2.08 bits per heavy atom. The lowest BCUT2D eigenvalue weighted by atomic mass is 10.1. The Morgan fingerprint density at radius 1 is 1.21 bits per heavy atom. The zero-order valence-electron chi connectivity index (χ0n) is 13.6. The minimum atomic E-state index is 0.610. The van der Waals surface area contributed by atoms with E-state index in [0.29, 0.717) is 5.88 Å². The van der Waals surface area contributed by atoms with E-state index in [0.717, 1.165) is 43.1 Å². The van der Waals surface area contributed by atoms with Gasteiger partial charge in [0.05, 0.1) is 18.5 Å². The van der Waals surface area contributed by atoms with Gasteiger partial charge in [-0.15, -0.1) is 0 Å². The van der Waals surface area contributed by atoms with E-state index in [4.69, 9.17) is 9.72 Å². The highest BCUT2D eigenvalue weighted by Crippen LogP contribution is 2.24. The number of aromatic amines is 1. The first-order valence-electron chi connectivity index (χ1n) is 8.01. The molecule has 0 aliphatic carbocycles. The van der Waals surface area contributed by atoms with E-state index in [1.54, 1.807) is 13.3 Å². The van der Waals surface area contributed by atoms with Crippen molar-refractivity contribution in [3.8, 4) is 17.3 Å². The Morgan fingerprint density at radius 3 is 2.83 bits per heavy atom. The normalized spacial score (nSPS) is 14.4. The lowest BCUT2D eigenvalue weighted by Crippen LogP contribution is -2.30. The Hall–Kier alpha value is -2.73. The van der Waals surface area contributed by atoms with Gasteiger partial charge in [-0.2, -0.15) is 0 Å². The van der Waals surface area contributed by atoms with Crippen LogP contribution in [0.5, 0.6) is 5.88 Å². The number of pyridine rings is 2. The number of hydrogen-bond donors (Lipinski definition) is 1. The molecule has 0 radical (unpaired) electrons. The Bertz CT molecular complexity index is 813. The van der Waals surface area contributed by atoms with Gasteiger partial charge in [-0.25, -0.2) is 9.97 Å². The van der Waals surface area contributed by atoms with Gasteiger partial charge >= 0.3 is 0 Å². The minimum Gasteiger partial charge on any atom is -0.481 e. The Labute approximate surface area is 140 Å². The van der Waals surface area contributed by atoms with Gasteiger partial charge in [-0.3, -0.25) is 9.88 Å². The second kappa shape index (κ2) is 6.41. The molecule has 0 unspecified atom stereocenters. The molecule has 122 valence electrons. The molecule has 24 heavy (non-hydrogen) atoms. The number of aromatic nitrogens is 4. The minimum absolute atomic E-state index is 0.610. The highest BCUT2D eigenvalue weighted by atomic mass is 16.5. The smallest absolute Gasteiger partial charge is 0.212 e. The van der Waals surface area contributed by atoms with Gasteiger partial charge in [0, 0.05) is 56.3 Å². The summed E-state index contributed by atoms with van der Waals surface area (Å²) < 4.78 is 5.10. The summed E-state index contributed by atoms with van der Waals surface area (Å²) in [7, 11) is 1.62. The second-order valence-electron chi connectivity index (χ2n) is 5.92. The fourth-order valence-electron chi connectivity index (χ4n) is 3.01. The van der Waals surface area contributed by atoms with Crippen molar-refractivity contribution >= 4 is 0 Å². The van der Waals surface area contributed by atoms with E-state index in [1.807, 2.05) is 24.5 Å². The number of H-pyrrole nitrogens is 1. The summed E-state index contributed by atoms with van der Waals surface area (Å²) in [5.74, 6) is 1.49. The Kier molecular flexibility index (Phi) is 3.96. The largest absolute Gasteiger partial charge is 0.481 e. The molecule has 1 aliphatic heterocycles. The van der Waals surface area contributed by atoms with Crippen LogP contribution in [0.4, 0.5) is 0 Å². The third-order valence-electron chi connectivity index (χ3n) is 4.29. The first kappa shape index (κ1) is 14.8. The molecule has 0 bridgehead atoms. The maximum Gasteiger partial charge on any atom is 0.212 e. The molecule has 0 spiro atoms. The molecule has 6 nitrogen and oxygen atoms in total. The average molecular weight is 321 g/mol. The van der Waals surface area contributed by atoms with Gasteiger partial charge in [0.15, 0.2) is 0 Å². The number of ether oxygens (including phenoxy) is 1. The van der Waals surface area contributed by atoms with E-state index >= 15 is 0 Å². The van der Waals surface area contributed by atoms with Crippen LogP contribution in [0.3, 0.4) is 0 Å². The van der Waals surface area contributed by atoms with Crippen LogP contribution >= 0.6 is 0 Å². The molecular weight excluding hydrogens is 302 g/mol. The molecule has 0 atom stereocenters.